The van der Waals surface area contributed by atoms with Crippen molar-refractivity contribution in [2.45, 2.75) is 0 Å². The lowest BCUT2D eigenvalue weighted by Crippen LogP contribution is -2.37. The minimum Gasteiger partial charge on any atom is -0.545 e. The van der Waals surface area contributed by atoms with E-state index < -0.39 is 11.9 Å². The number of carboxylic acids is 1. The molecule has 9 heteroatoms. The van der Waals surface area contributed by atoms with Crippen molar-refractivity contribution >= 4 is 58.1 Å². The summed E-state index contributed by atoms with van der Waals surface area (Å²) in [6.07, 6.45) is 0. The monoisotopic (exact) mass is 397 g/mol. The van der Waals surface area contributed by atoms with Crippen LogP contribution in [0.1, 0.15) is 10.4 Å². The molecule has 0 saturated heterocycles. The van der Waals surface area contributed by atoms with Crippen molar-refractivity contribution in [3.05, 3.63) is 58.1 Å². The van der Waals surface area contributed by atoms with Gasteiger partial charge in [-0.1, -0.05) is 41.4 Å². The lowest BCUT2D eigenvalue weighted by atomic mass is 10.2. The Balaban J connectivity index is 1.90. The van der Waals surface area contributed by atoms with Crippen LogP contribution in [0.3, 0.4) is 0 Å². The highest BCUT2D eigenvalue weighted by Gasteiger charge is 2.10. The number of carboxylic acid groups (broad SMARTS) is 1. The summed E-state index contributed by atoms with van der Waals surface area (Å²) in [5.41, 5.74) is 0.123. The van der Waals surface area contributed by atoms with E-state index in [0.29, 0.717) is 10.8 Å². The van der Waals surface area contributed by atoms with Crippen LogP contribution in [0.25, 0.3) is 0 Å². The van der Waals surface area contributed by atoms with Gasteiger partial charge in [0.05, 0.1) is 11.0 Å². The van der Waals surface area contributed by atoms with Crippen molar-refractivity contribution in [2.75, 3.05) is 11.9 Å². The zero-order valence-corrected chi connectivity index (χ0v) is 14.9. The van der Waals surface area contributed by atoms with Crippen LogP contribution in [-0.4, -0.2) is 23.6 Å². The summed E-state index contributed by atoms with van der Waals surface area (Å²) in [6.45, 7) is -0.342. The minimum atomic E-state index is -1.36. The van der Waals surface area contributed by atoms with Gasteiger partial charge in [0.1, 0.15) is 5.75 Å². The zero-order valence-electron chi connectivity index (χ0n) is 12.5. The number of aromatic carboxylic acids is 1. The normalized spacial score (nSPS) is 10.0. The Bertz CT molecular complexity index is 830. The number of amides is 1. The SMILES string of the molecule is O=C(COc1ccc(Cl)cc1Cl)NC(=S)Nc1ccccc1C(=O)[O-]. The molecule has 2 N–H and O–H groups in total. The van der Waals surface area contributed by atoms with E-state index >= 15 is 0 Å². The maximum atomic E-state index is 11.9. The largest absolute Gasteiger partial charge is 0.545 e. The van der Waals surface area contributed by atoms with Gasteiger partial charge in [0.15, 0.2) is 11.7 Å². The molecular formula is C16H11Cl2N2O4S-. The highest BCUT2D eigenvalue weighted by molar-refractivity contribution is 7.80. The summed E-state index contributed by atoms with van der Waals surface area (Å²) in [5, 5.41) is 16.6. The number of benzene rings is 2. The van der Waals surface area contributed by atoms with Crippen LogP contribution >= 0.6 is 35.4 Å². The van der Waals surface area contributed by atoms with Crippen LogP contribution in [0, 0.1) is 0 Å². The highest BCUT2D eigenvalue weighted by atomic mass is 35.5. The summed E-state index contributed by atoms with van der Waals surface area (Å²) in [7, 11) is 0. The first-order valence-corrected chi connectivity index (χ1v) is 8.02. The highest BCUT2D eigenvalue weighted by Crippen LogP contribution is 2.27. The fourth-order valence-electron chi connectivity index (χ4n) is 1.82. The smallest absolute Gasteiger partial charge is 0.264 e. The Morgan fingerprint density at radius 2 is 1.88 bits per heavy atom. The number of rotatable bonds is 5. The molecule has 25 heavy (non-hydrogen) atoms. The summed E-state index contributed by atoms with van der Waals surface area (Å²) in [6, 6.07) is 10.6. The molecule has 0 aliphatic carbocycles. The summed E-state index contributed by atoms with van der Waals surface area (Å²) in [4.78, 5) is 22.9. The number of carbonyl (C=O) groups is 2. The van der Waals surface area contributed by atoms with Crippen LogP contribution in [0.5, 0.6) is 5.75 Å². The summed E-state index contributed by atoms with van der Waals surface area (Å²) < 4.78 is 5.27. The number of halogens is 2. The van der Waals surface area contributed by atoms with Crippen molar-refractivity contribution in [1.29, 1.82) is 0 Å². The Labute approximate surface area is 158 Å². The first-order valence-electron chi connectivity index (χ1n) is 6.86. The third-order valence-electron chi connectivity index (χ3n) is 2.90. The Morgan fingerprint density at radius 3 is 2.56 bits per heavy atom. The molecule has 0 fully saturated rings. The molecule has 0 aliphatic heterocycles. The summed E-state index contributed by atoms with van der Waals surface area (Å²) >= 11 is 16.7. The summed E-state index contributed by atoms with van der Waals surface area (Å²) in [5.74, 6) is -1.62. The molecule has 2 rings (SSSR count). The fourth-order valence-corrected chi connectivity index (χ4v) is 2.51. The van der Waals surface area contributed by atoms with E-state index in [9.17, 15) is 14.7 Å². The molecule has 0 saturated carbocycles. The molecule has 0 aromatic heterocycles. The fraction of sp³-hybridized carbons (Fsp3) is 0.0625. The predicted molar refractivity (Wildman–Crippen MR) is 97.1 cm³/mol. The van der Waals surface area contributed by atoms with E-state index in [2.05, 4.69) is 10.6 Å². The van der Waals surface area contributed by atoms with E-state index in [0.717, 1.165) is 0 Å². The number of thiocarbonyl (C=S) groups is 1. The average molecular weight is 398 g/mol. The van der Waals surface area contributed by atoms with Gasteiger partial charge in [0.25, 0.3) is 5.91 Å². The number of nitrogens with one attached hydrogen (secondary N) is 2. The van der Waals surface area contributed by atoms with Crippen molar-refractivity contribution in [2.24, 2.45) is 0 Å². The van der Waals surface area contributed by atoms with Crippen molar-refractivity contribution in [3.8, 4) is 5.75 Å². The second kappa shape index (κ2) is 8.66. The first-order chi connectivity index (χ1) is 11.9. The van der Waals surface area contributed by atoms with E-state index in [1.165, 1.54) is 24.3 Å². The van der Waals surface area contributed by atoms with Crippen LogP contribution < -0.4 is 20.5 Å². The predicted octanol–water partition coefficient (Wildman–Crippen LogP) is 2.25. The number of carbonyl (C=O) groups excluding carboxylic acids is 2. The van der Waals surface area contributed by atoms with Crippen LogP contribution in [0.4, 0.5) is 5.69 Å². The van der Waals surface area contributed by atoms with Crippen LogP contribution in [0.15, 0.2) is 42.5 Å². The molecule has 6 nitrogen and oxygen atoms in total. The van der Waals surface area contributed by atoms with Gasteiger partial charge in [0.2, 0.25) is 0 Å². The minimum absolute atomic E-state index is 0.0792. The van der Waals surface area contributed by atoms with Crippen LogP contribution in [-0.2, 0) is 4.79 Å². The van der Waals surface area contributed by atoms with Gasteiger partial charge in [-0.05, 0) is 36.5 Å². The molecule has 130 valence electrons. The Hall–Kier alpha value is -2.35. The van der Waals surface area contributed by atoms with E-state index in [1.54, 1.807) is 18.2 Å². The topological polar surface area (TPSA) is 90.5 Å². The van der Waals surface area contributed by atoms with Gasteiger partial charge in [-0.3, -0.25) is 10.1 Å². The van der Waals surface area contributed by atoms with Gasteiger partial charge >= 0.3 is 0 Å². The third-order valence-corrected chi connectivity index (χ3v) is 3.64. The van der Waals surface area contributed by atoms with Crippen molar-refractivity contribution < 1.29 is 19.4 Å². The molecule has 2 aromatic carbocycles. The molecule has 0 spiro atoms. The Morgan fingerprint density at radius 1 is 1.16 bits per heavy atom. The van der Waals surface area contributed by atoms with Crippen molar-refractivity contribution in [3.63, 3.8) is 0 Å². The molecule has 2 aromatic rings. The number of ether oxygens (including phenoxy) is 1. The van der Waals surface area contributed by atoms with Crippen LogP contribution in [0.2, 0.25) is 10.0 Å². The van der Waals surface area contributed by atoms with Gasteiger partial charge in [0, 0.05) is 16.3 Å². The average Bonchev–Trinajstić information content (AvgIpc) is 2.54. The molecule has 1 amide bonds. The lowest BCUT2D eigenvalue weighted by molar-refractivity contribution is -0.254. The maximum absolute atomic E-state index is 11.9. The molecule has 0 atom stereocenters. The first kappa shape index (κ1) is 19.0. The van der Waals surface area contributed by atoms with E-state index in [1.807, 2.05) is 0 Å². The zero-order chi connectivity index (χ0) is 18.4. The second-order valence-electron chi connectivity index (χ2n) is 4.70. The van der Waals surface area contributed by atoms with E-state index in [4.69, 9.17) is 40.2 Å². The lowest BCUT2D eigenvalue weighted by Gasteiger charge is -2.14. The van der Waals surface area contributed by atoms with E-state index in [-0.39, 0.29) is 28.0 Å². The standard InChI is InChI=1S/C16H12Cl2N2O4S/c17-9-5-6-13(11(18)7-9)24-8-14(21)20-16(25)19-12-4-2-1-3-10(12)15(22)23/h1-7H,8H2,(H,22,23)(H2,19,20,21,25)/p-1. The molecule has 0 heterocycles. The van der Waals surface area contributed by atoms with Crippen molar-refractivity contribution in [1.82, 2.24) is 5.32 Å². The number of hydrogen-bond donors (Lipinski definition) is 2. The molecule has 0 unspecified atom stereocenters. The molecular weight excluding hydrogens is 387 g/mol. The third kappa shape index (κ3) is 5.60. The molecule has 0 radical (unpaired) electrons. The van der Waals surface area contributed by atoms with Gasteiger partial charge in [-0.15, -0.1) is 0 Å². The second-order valence-corrected chi connectivity index (χ2v) is 5.95. The van der Waals surface area contributed by atoms with Gasteiger partial charge in [-0.2, -0.15) is 0 Å². The number of hydrogen-bond acceptors (Lipinski definition) is 5. The Kier molecular flexibility index (Phi) is 6.58. The quantitative estimate of drug-likeness (QED) is 0.751. The maximum Gasteiger partial charge on any atom is 0.264 e. The van der Waals surface area contributed by atoms with Gasteiger partial charge in [-0.25, -0.2) is 0 Å². The molecule has 0 aliphatic rings. The molecule has 0 bridgehead atoms. The van der Waals surface area contributed by atoms with Gasteiger partial charge < -0.3 is 20.0 Å². The number of anilines is 1. The number of para-hydroxylation sites is 1.